The molecule has 1 aliphatic heterocycles. The van der Waals surface area contributed by atoms with Gasteiger partial charge in [0.05, 0.1) is 12.1 Å². The van der Waals surface area contributed by atoms with Gasteiger partial charge in [-0.15, -0.1) is 0 Å². The van der Waals surface area contributed by atoms with Crippen LogP contribution in [-0.4, -0.2) is 180 Å². The SMILES string of the molecule is CCC(C)C(NC)C(=O)NC1C(=O)OC(C(C)C)C(=O)OC(CC(C)C)C(=O)NC(C(C)CC)C(=O)N(C)C(CC(C)C)C(=O)NC(C(C)O)C(=O)N(C)C(C(C)C)C(=O)NC(C)C(=O)N(C)C(CC(C)C)C(=O)OC1C. The molecule has 0 saturated carbocycles. The van der Waals surface area contributed by atoms with Crippen molar-refractivity contribution in [1.82, 2.24) is 41.3 Å². The zero-order valence-corrected chi connectivity index (χ0v) is 50.1. The molecule has 14 atom stereocenters. The number of nitrogens with zero attached hydrogens (tertiary/aromatic N) is 3. The molecule has 22 heteroatoms. The Morgan fingerprint density at radius 3 is 1.56 bits per heavy atom. The summed E-state index contributed by atoms with van der Waals surface area (Å²) in [6, 6.07) is -10.6. The van der Waals surface area contributed by atoms with Crippen LogP contribution in [0.1, 0.15) is 150 Å². The van der Waals surface area contributed by atoms with E-state index in [4.69, 9.17) is 14.2 Å². The molecule has 0 aromatic carbocycles. The van der Waals surface area contributed by atoms with Crippen molar-refractivity contribution in [3.05, 3.63) is 0 Å². The summed E-state index contributed by atoms with van der Waals surface area (Å²) in [5.41, 5.74) is 0. The number of aliphatic hydroxyl groups is 1. The van der Waals surface area contributed by atoms with E-state index in [1.807, 2.05) is 41.5 Å². The van der Waals surface area contributed by atoms with Crippen LogP contribution in [0.15, 0.2) is 0 Å². The van der Waals surface area contributed by atoms with Crippen LogP contribution in [0.4, 0.5) is 0 Å². The summed E-state index contributed by atoms with van der Waals surface area (Å²) < 4.78 is 17.7. The average Bonchev–Trinajstić information content (AvgIpc) is 3.33. The Morgan fingerprint density at radius 1 is 0.584 bits per heavy atom. The Labute approximate surface area is 458 Å². The highest BCUT2D eigenvalue weighted by molar-refractivity contribution is 5.98. The Bertz CT molecular complexity index is 2010. The summed E-state index contributed by atoms with van der Waals surface area (Å²) in [5, 5.41) is 24.7. The molecule has 1 saturated heterocycles. The van der Waals surface area contributed by atoms with E-state index in [1.54, 1.807) is 62.4 Å². The number of ether oxygens (including phenoxy) is 3. The first-order valence-electron chi connectivity index (χ1n) is 27.6. The van der Waals surface area contributed by atoms with Crippen LogP contribution < -0.4 is 26.6 Å². The largest absolute Gasteiger partial charge is 0.458 e. The smallest absolute Gasteiger partial charge is 0.348 e. The topological polar surface area (TPSA) is 288 Å². The normalized spacial score (nSPS) is 27.8. The zero-order valence-electron chi connectivity index (χ0n) is 50.1. The van der Waals surface area contributed by atoms with Gasteiger partial charge in [-0.25, -0.2) is 14.4 Å². The minimum atomic E-state index is -1.73. The highest BCUT2D eigenvalue weighted by Crippen LogP contribution is 2.23. The van der Waals surface area contributed by atoms with Gasteiger partial charge in [-0.2, -0.15) is 0 Å². The zero-order chi connectivity index (χ0) is 59.7. The molecule has 0 aliphatic carbocycles. The van der Waals surface area contributed by atoms with Crippen molar-refractivity contribution in [1.29, 1.82) is 0 Å². The number of hydrogen-bond donors (Lipinski definition) is 6. The van der Waals surface area contributed by atoms with Crippen LogP contribution >= 0.6 is 0 Å². The summed E-state index contributed by atoms with van der Waals surface area (Å²) >= 11 is 0. The quantitative estimate of drug-likeness (QED) is 0.0957. The monoisotopic (exact) mass is 1090 g/mol. The Balaban J connectivity index is 4.30. The first kappa shape index (κ1) is 69.6. The molecular weight excluding hydrogens is 997 g/mol. The summed E-state index contributed by atoms with van der Waals surface area (Å²) in [5.74, 6) is -11.4. The van der Waals surface area contributed by atoms with Gasteiger partial charge >= 0.3 is 17.9 Å². The lowest BCUT2D eigenvalue weighted by molar-refractivity contribution is -0.181. The standard InChI is InChI=1S/C55H98N8O14/c1-22-32(13)40(56-18)48(67)60-43-36(17)75-53(72)38(25-28(5)6)62(20)50(69)34(15)57-49(68)44(30(9)10)63(21)52(71)42(35(16)64)59-46(65)37(24-27(3)4)61(19)51(70)41(33(14)23-2)58-47(66)39(26-29(7)8)76-55(74)45(31(11)12)77-54(43)73/h27-45,56,64H,22-26H2,1-21H3,(H,57,68)(H,58,66)(H,59,65)(H,60,67). The number of carbonyl (C=O) groups is 10. The molecule has 0 aromatic rings. The molecule has 6 N–H and O–H groups in total. The third-order valence-corrected chi connectivity index (χ3v) is 14.3. The predicted octanol–water partition coefficient (Wildman–Crippen LogP) is 2.71. The van der Waals surface area contributed by atoms with Crippen molar-refractivity contribution in [2.24, 2.45) is 41.4 Å². The molecule has 14 unspecified atom stereocenters. The molecule has 442 valence electrons. The third-order valence-electron chi connectivity index (χ3n) is 14.3. The first-order chi connectivity index (χ1) is 35.6. The molecule has 0 bridgehead atoms. The molecule has 1 heterocycles. The van der Waals surface area contributed by atoms with Gasteiger partial charge in [0.25, 0.3) is 5.91 Å². The maximum Gasteiger partial charge on any atom is 0.348 e. The lowest BCUT2D eigenvalue weighted by Crippen LogP contribution is -2.63. The fourth-order valence-electron chi connectivity index (χ4n) is 9.14. The van der Waals surface area contributed by atoms with E-state index in [0.717, 1.165) is 9.80 Å². The molecule has 1 fully saturated rings. The second-order valence-corrected chi connectivity index (χ2v) is 23.1. The molecule has 0 aromatic heterocycles. The Morgan fingerprint density at radius 2 is 1.09 bits per heavy atom. The lowest BCUT2D eigenvalue weighted by Gasteiger charge is -2.37. The van der Waals surface area contributed by atoms with E-state index in [2.05, 4.69) is 26.6 Å². The van der Waals surface area contributed by atoms with Crippen molar-refractivity contribution in [3.8, 4) is 0 Å². The summed E-state index contributed by atoms with van der Waals surface area (Å²) in [7, 11) is 5.63. The second kappa shape index (κ2) is 31.9. The molecule has 7 amide bonds. The van der Waals surface area contributed by atoms with Gasteiger partial charge in [-0.05, 0) is 82.6 Å². The highest BCUT2D eigenvalue weighted by Gasteiger charge is 2.44. The molecular formula is C55H98N8O14. The van der Waals surface area contributed by atoms with Gasteiger partial charge in [0.15, 0.2) is 12.1 Å². The predicted molar refractivity (Wildman–Crippen MR) is 290 cm³/mol. The fraction of sp³-hybridized carbons (Fsp3) is 0.818. The van der Waals surface area contributed by atoms with Gasteiger partial charge in [-0.3, -0.25) is 33.6 Å². The van der Waals surface area contributed by atoms with Gasteiger partial charge in [-0.1, -0.05) is 110 Å². The number of likely N-dealkylation sites (N-methyl/N-ethyl adjacent to an activating group) is 4. The van der Waals surface area contributed by atoms with Gasteiger partial charge in [0.2, 0.25) is 41.5 Å². The van der Waals surface area contributed by atoms with Crippen LogP contribution in [0.2, 0.25) is 0 Å². The van der Waals surface area contributed by atoms with Crippen LogP contribution in [0, 0.1) is 41.4 Å². The van der Waals surface area contributed by atoms with E-state index in [9.17, 15) is 53.1 Å². The minimum Gasteiger partial charge on any atom is -0.458 e. The number of nitrogens with one attached hydrogen (secondary N) is 5. The number of amides is 7. The number of esters is 3. The van der Waals surface area contributed by atoms with E-state index in [1.165, 1.54) is 46.8 Å². The third kappa shape index (κ3) is 20.1. The minimum absolute atomic E-state index is 0.0333. The number of hydrogen-bond acceptors (Lipinski definition) is 15. The molecule has 0 radical (unpaired) electrons. The maximum absolute atomic E-state index is 14.7. The van der Waals surface area contributed by atoms with Gasteiger partial charge in [0, 0.05) is 27.1 Å². The van der Waals surface area contributed by atoms with Gasteiger partial charge < -0.3 is 60.6 Å². The van der Waals surface area contributed by atoms with Crippen molar-refractivity contribution >= 4 is 59.3 Å². The summed E-state index contributed by atoms with van der Waals surface area (Å²) in [4.78, 5) is 147. The van der Waals surface area contributed by atoms with Crippen molar-refractivity contribution < 1.29 is 67.3 Å². The number of cyclic esters (lactones) is 3. The molecule has 1 aliphatic rings. The number of rotatable bonds is 16. The summed E-state index contributed by atoms with van der Waals surface area (Å²) in [6.45, 7) is 28.6. The maximum atomic E-state index is 14.7. The lowest BCUT2D eigenvalue weighted by atomic mass is 9.94. The van der Waals surface area contributed by atoms with Crippen LogP contribution in [0.5, 0.6) is 0 Å². The highest BCUT2D eigenvalue weighted by atomic mass is 16.6. The van der Waals surface area contributed by atoms with E-state index >= 15 is 0 Å². The van der Waals surface area contributed by atoms with Gasteiger partial charge in [0.1, 0.15) is 42.4 Å². The average molecular weight is 1100 g/mol. The fourth-order valence-corrected chi connectivity index (χ4v) is 9.14. The Hall–Kier alpha value is -5.38. The van der Waals surface area contributed by atoms with Crippen molar-refractivity contribution in [2.45, 2.75) is 223 Å². The van der Waals surface area contributed by atoms with Crippen LogP contribution in [0.3, 0.4) is 0 Å². The molecule has 0 spiro atoms. The van der Waals surface area contributed by atoms with Crippen LogP contribution in [0.25, 0.3) is 0 Å². The number of aliphatic hydroxyl groups excluding tert-OH is 1. The molecule has 77 heavy (non-hydrogen) atoms. The molecule has 1 rings (SSSR count). The van der Waals surface area contributed by atoms with E-state index in [-0.39, 0.29) is 42.9 Å². The number of carbonyl (C=O) groups excluding carboxylic acids is 10. The Kier molecular flexibility index (Phi) is 28.8. The second-order valence-electron chi connectivity index (χ2n) is 23.1. The first-order valence-corrected chi connectivity index (χ1v) is 27.6. The summed E-state index contributed by atoms with van der Waals surface area (Å²) in [6.07, 6.45) is -5.15. The van der Waals surface area contributed by atoms with Crippen LogP contribution in [-0.2, 0) is 62.2 Å². The van der Waals surface area contributed by atoms with E-state index < -0.39 is 150 Å². The van der Waals surface area contributed by atoms with E-state index in [0.29, 0.717) is 12.8 Å². The van der Waals surface area contributed by atoms with Crippen molar-refractivity contribution in [2.75, 3.05) is 28.2 Å². The van der Waals surface area contributed by atoms with Crippen molar-refractivity contribution in [3.63, 3.8) is 0 Å². The molecule has 22 nitrogen and oxygen atoms in total.